The van der Waals surface area contributed by atoms with Crippen molar-refractivity contribution >= 4 is 12.1 Å². The summed E-state index contributed by atoms with van der Waals surface area (Å²) < 4.78 is 11.2. The van der Waals surface area contributed by atoms with Crippen LogP contribution in [0, 0.1) is 6.92 Å². The molecule has 142 valence electrons. The van der Waals surface area contributed by atoms with Gasteiger partial charge in [0.15, 0.2) is 6.61 Å². The number of ether oxygens (including phenoxy) is 2. The van der Waals surface area contributed by atoms with E-state index in [4.69, 9.17) is 9.47 Å². The molecule has 5 heteroatoms. The summed E-state index contributed by atoms with van der Waals surface area (Å²) in [6.45, 7) is 2.39. The number of aryl methyl sites for hydroxylation is 1. The smallest absolute Gasteiger partial charge is 0.277 e. The maximum Gasteiger partial charge on any atom is 0.277 e. The van der Waals surface area contributed by atoms with Gasteiger partial charge < -0.3 is 9.47 Å². The van der Waals surface area contributed by atoms with Gasteiger partial charge in [-0.3, -0.25) is 4.79 Å². The molecule has 0 unspecified atom stereocenters. The number of nitrogens with one attached hydrogen (secondary N) is 1. The van der Waals surface area contributed by atoms with E-state index in [0.717, 1.165) is 22.4 Å². The Labute approximate surface area is 164 Å². The van der Waals surface area contributed by atoms with E-state index in [1.165, 1.54) is 0 Å². The third-order valence-corrected chi connectivity index (χ3v) is 3.90. The summed E-state index contributed by atoms with van der Waals surface area (Å²) in [6.07, 6.45) is 1.57. The summed E-state index contributed by atoms with van der Waals surface area (Å²) in [5, 5.41) is 3.97. The van der Waals surface area contributed by atoms with Gasteiger partial charge >= 0.3 is 0 Å². The SMILES string of the molecule is Cc1ccc(OCC(=O)N/N=C/c2cccc(OCc3ccccc3)c2)cc1. The number of amides is 1. The predicted octanol–water partition coefficient (Wildman–Crippen LogP) is 4.10. The molecule has 0 heterocycles. The summed E-state index contributed by atoms with van der Waals surface area (Å²) in [5.74, 6) is 1.06. The minimum absolute atomic E-state index is 0.0966. The van der Waals surface area contributed by atoms with E-state index in [1.54, 1.807) is 6.21 Å². The standard InChI is InChI=1S/C23H22N2O3/c1-18-10-12-21(13-11-18)28-17-23(26)25-24-15-20-8-5-9-22(14-20)27-16-19-6-3-2-4-7-19/h2-15H,16-17H2,1H3,(H,25,26)/b24-15+. The molecule has 0 radical (unpaired) electrons. The van der Waals surface area contributed by atoms with Gasteiger partial charge in [-0.05, 0) is 42.3 Å². The molecular weight excluding hydrogens is 352 g/mol. The molecule has 0 fully saturated rings. The molecule has 0 aliphatic heterocycles. The fourth-order valence-corrected chi connectivity index (χ4v) is 2.42. The summed E-state index contributed by atoms with van der Waals surface area (Å²) in [6, 6.07) is 25.0. The fourth-order valence-electron chi connectivity index (χ4n) is 2.42. The monoisotopic (exact) mass is 374 g/mol. The average molecular weight is 374 g/mol. The number of carbonyl (C=O) groups excluding carboxylic acids is 1. The van der Waals surface area contributed by atoms with Crippen molar-refractivity contribution in [3.05, 3.63) is 95.6 Å². The number of hydrogen-bond acceptors (Lipinski definition) is 4. The highest BCUT2D eigenvalue weighted by molar-refractivity contribution is 5.83. The topological polar surface area (TPSA) is 59.9 Å². The van der Waals surface area contributed by atoms with Gasteiger partial charge in [-0.1, -0.05) is 60.2 Å². The Morgan fingerprint density at radius 3 is 2.50 bits per heavy atom. The Kier molecular flexibility index (Phi) is 6.79. The molecule has 3 aromatic carbocycles. The van der Waals surface area contributed by atoms with Crippen molar-refractivity contribution in [3.63, 3.8) is 0 Å². The molecule has 0 atom stereocenters. The lowest BCUT2D eigenvalue weighted by Crippen LogP contribution is -2.24. The second kappa shape index (κ2) is 9.92. The number of carbonyl (C=O) groups is 1. The van der Waals surface area contributed by atoms with Crippen LogP contribution in [0.15, 0.2) is 84.0 Å². The Balaban J connectivity index is 1.45. The molecule has 5 nitrogen and oxygen atoms in total. The van der Waals surface area contributed by atoms with Crippen LogP contribution in [0.1, 0.15) is 16.7 Å². The number of hydrogen-bond donors (Lipinski definition) is 1. The second-order valence-corrected chi connectivity index (χ2v) is 6.24. The first-order chi connectivity index (χ1) is 13.7. The van der Waals surface area contributed by atoms with Crippen LogP contribution in [0.5, 0.6) is 11.5 Å². The minimum Gasteiger partial charge on any atom is -0.489 e. The van der Waals surface area contributed by atoms with Crippen LogP contribution in [0.2, 0.25) is 0 Å². The lowest BCUT2D eigenvalue weighted by Gasteiger charge is -2.07. The first kappa shape index (κ1) is 19.2. The van der Waals surface area contributed by atoms with Crippen molar-refractivity contribution in [2.45, 2.75) is 13.5 Å². The van der Waals surface area contributed by atoms with Gasteiger partial charge in [0.05, 0.1) is 6.21 Å². The van der Waals surface area contributed by atoms with E-state index in [-0.39, 0.29) is 12.5 Å². The zero-order valence-corrected chi connectivity index (χ0v) is 15.7. The van der Waals surface area contributed by atoms with Crippen molar-refractivity contribution in [2.75, 3.05) is 6.61 Å². The van der Waals surface area contributed by atoms with Gasteiger partial charge in [0.2, 0.25) is 0 Å². The molecule has 0 aliphatic rings. The van der Waals surface area contributed by atoms with E-state index in [2.05, 4.69) is 10.5 Å². The zero-order chi connectivity index (χ0) is 19.6. The van der Waals surface area contributed by atoms with Gasteiger partial charge in [-0.2, -0.15) is 5.10 Å². The molecule has 1 N–H and O–H groups in total. The van der Waals surface area contributed by atoms with Crippen molar-refractivity contribution in [2.24, 2.45) is 5.10 Å². The Hall–Kier alpha value is -3.60. The first-order valence-electron chi connectivity index (χ1n) is 8.97. The van der Waals surface area contributed by atoms with Crippen molar-refractivity contribution in [1.29, 1.82) is 0 Å². The Bertz CT molecular complexity index is 922. The molecule has 0 saturated carbocycles. The van der Waals surface area contributed by atoms with E-state index < -0.39 is 0 Å². The summed E-state index contributed by atoms with van der Waals surface area (Å²) in [7, 11) is 0. The lowest BCUT2D eigenvalue weighted by molar-refractivity contribution is -0.123. The first-order valence-corrected chi connectivity index (χ1v) is 8.97. The third kappa shape index (κ3) is 6.29. The number of benzene rings is 3. The molecule has 3 aromatic rings. The van der Waals surface area contributed by atoms with E-state index in [1.807, 2.05) is 85.8 Å². The van der Waals surface area contributed by atoms with Crippen LogP contribution < -0.4 is 14.9 Å². The summed E-state index contributed by atoms with van der Waals surface area (Å²) >= 11 is 0. The largest absolute Gasteiger partial charge is 0.489 e. The molecule has 0 spiro atoms. The fraction of sp³-hybridized carbons (Fsp3) is 0.130. The molecule has 0 bridgehead atoms. The number of rotatable bonds is 8. The highest BCUT2D eigenvalue weighted by Crippen LogP contribution is 2.14. The highest BCUT2D eigenvalue weighted by atomic mass is 16.5. The Morgan fingerprint density at radius 1 is 0.929 bits per heavy atom. The van der Waals surface area contributed by atoms with Gasteiger partial charge in [-0.25, -0.2) is 5.43 Å². The van der Waals surface area contributed by atoms with Gasteiger partial charge in [0.25, 0.3) is 5.91 Å². The van der Waals surface area contributed by atoms with Gasteiger partial charge in [0, 0.05) is 0 Å². The Morgan fingerprint density at radius 2 is 1.71 bits per heavy atom. The zero-order valence-electron chi connectivity index (χ0n) is 15.7. The molecule has 28 heavy (non-hydrogen) atoms. The second-order valence-electron chi connectivity index (χ2n) is 6.24. The van der Waals surface area contributed by atoms with Crippen molar-refractivity contribution < 1.29 is 14.3 Å². The lowest BCUT2D eigenvalue weighted by atomic mass is 10.2. The predicted molar refractivity (Wildman–Crippen MR) is 110 cm³/mol. The molecule has 0 aliphatic carbocycles. The van der Waals surface area contributed by atoms with E-state index in [9.17, 15) is 4.79 Å². The van der Waals surface area contributed by atoms with Gasteiger partial charge in [-0.15, -0.1) is 0 Å². The minimum atomic E-state index is -0.326. The molecule has 1 amide bonds. The normalized spacial score (nSPS) is 10.6. The summed E-state index contributed by atoms with van der Waals surface area (Å²) in [4.78, 5) is 11.8. The number of nitrogens with zero attached hydrogens (tertiary/aromatic N) is 1. The molecule has 3 rings (SSSR count). The average Bonchev–Trinajstić information content (AvgIpc) is 2.73. The van der Waals surface area contributed by atoms with E-state index in [0.29, 0.717) is 12.4 Å². The van der Waals surface area contributed by atoms with E-state index >= 15 is 0 Å². The molecule has 0 aromatic heterocycles. The van der Waals surface area contributed by atoms with Crippen LogP contribution in [-0.2, 0) is 11.4 Å². The maximum absolute atomic E-state index is 11.8. The van der Waals surface area contributed by atoms with Gasteiger partial charge in [0.1, 0.15) is 18.1 Å². The van der Waals surface area contributed by atoms with Crippen LogP contribution in [-0.4, -0.2) is 18.7 Å². The number of hydrazone groups is 1. The molecular formula is C23H22N2O3. The highest BCUT2D eigenvalue weighted by Gasteiger charge is 2.01. The van der Waals surface area contributed by atoms with Crippen LogP contribution in [0.3, 0.4) is 0 Å². The van der Waals surface area contributed by atoms with Crippen LogP contribution >= 0.6 is 0 Å². The van der Waals surface area contributed by atoms with Crippen LogP contribution in [0.25, 0.3) is 0 Å². The maximum atomic E-state index is 11.8. The van der Waals surface area contributed by atoms with Crippen LogP contribution in [0.4, 0.5) is 0 Å². The van der Waals surface area contributed by atoms with Crippen molar-refractivity contribution in [3.8, 4) is 11.5 Å². The van der Waals surface area contributed by atoms with Crippen molar-refractivity contribution in [1.82, 2.24) is 5.43 Å². The molecule has 0 saturated heterocycles. The quantitative estimate of drug-likeness (QED) is 0.477. The summed E-state index contributed by atoms with van der Waals surface area (Å²) in [5.41, 5.74) is 5.51. The third-order valence-electron chi connectivity index (χ3n) is 3.90.